The molecule has 0 amide bonds. The molecule has 1 aromatic rings. The molecule has 17 heavy (non-hydrogen) atoms. The lowest BCUT2D eigenvalue weighted by Gasteiger charge is -2.22. The Kier molecular flexibility index (Phi) is 3.87. The summed E-state index contributed by atoms with van der Waals surface area (Å²) in [5.74, 6) is 0.894. The molecule has 0 spiro atoms. The standard InChI is InChI=1S/C15H24OSi/c1-12(17(5,6)7)16-14-10-8-13(9-11-14)15(2,3)4/h8-11H,1H2,2-7H3. The molecule has 0 unspecified atom stereocenters. The van der Waals surface area contributed by atoms with E-state index in [1.807, 2.05) is 12.1 Å². The molecule has 0 atom stereocenters. The maximum atomic E-state index is 5.81. The predicted molar refractivity (Wildman–Crippen MR) is 78.3 cm³/mol. The summed E-state index contributed by atoms with van der Waals surface area (Å²) >= 11 is 0. The molecule has 94 valence electrons. The van der Waals surface area contributed by atoms with Gasteiger partial charge in [0.1, 0.15) is 13.8 Å². The Morgan fingerprint density at radius 1 is 1.06 bits per heavy atom. The smallest absolute Gasteiger partial charge is 0.126 e. The number of hydrogen-bond acceptors (Lipinski definition) is 1. The highest BCUT2D eigenvalue weighted by atomic mass is 28.3. The molecule has 0 aromatic heterocycles. The molecular formula is C15H24OSi. The van der Waals surface area contributed by atoms with Crippen molar-refractivity contribution in [1.82, 2.24) is 0 Å². The van der Waals surface area contributed by atoms with Crippen molar-refractivity contribution in [1.29, 1.82) is 0 Å². The highest BCUT2D eigenvalue weighted by Crippen LogP contribution is 2.26. The lowest BCUT2D eigenvalue weighted by Crippen LogP contribution is -2.26. The molecule has 0 saturated heterocycles. The highest BCUT2D eigenvalue weighted by molar-refractivity contribution is 6.82. The minimum absolute atomic E-state index is 0.189. The molecular weight excluding hydrogens is 224 g/mol. The molecule has 0 saturated carbocycles. The van der Waals surface area contributed by atoms with E-state index in [-0.39, 0.29) is 5.41 Å². The summed E-state index contributed by atoms with van der Waals surface area (Å²) in [5.41, 5.74) is 1.51. The first kappa shape index (κ1) is 14.0. The van der Waals surface area contributed by atoms with Crippen molar-refractivity contribution in [3.63, 3.8) is 0 Å². The molecule has 0 fully saturated rings. The quantitative estimate of drug-likeness (QED) is 0.554. The van der Waals surface area contributed by atoms with Crippen LogP contribution in [0.1, 0.15) is 26.3 Å². The zero-order valence-electron chi connectivity index (χ0n) is 11.9. The van der Waals surface area contributed by atoms with Gasteiger partial charge in [0, 0.05) is 0 Å². The van der Waals surface area contributed by atoms with E-state index in [2.05, 4.69) is 59.1 Å². The highest BCUT2D eigenvalue weighted by Gasteiger charge is 2.20. The SMILES string of the molecule is C=C(Oc1ccc(C(C)(C)C)cc1)[Si](C)(C)C. The van der Waals surface area contributed by atoms with Gasteiger partial charge in [0.25, 0.3) is 0 Å². The molecule has 1 nitrogen and oxygen atoms in total. The second kappa shape index (κ2) is 4.69. The van der Waals surface area contributed by atoms with Gasteiger partial charge in [-0.15, -0.1) is 0 Å². The van der Waals surface area contributed by atoms with E-state index in [0.717, 1.165) is 11.1 Å². The van der Waals surface area contributed by atoms with Crippen LogP contribution in [0.3, 0.4) is 0 Å². The second-order valence-corrected chi connectivity index (χ2v) is 11.6. The third kappa shape index (κ3) is 4.04. The molecule has 1 aromatic carbocycles. The van der Waals surface area contributed by atoms with E-state index in [9.17, 15) is 0 Å². The first-order chi connectivity index (χ1) is 7.60. The van der Waals surface area contributed by atoms with Gasteiger partial charge in [-0.05, 0) is 23.1 Å². The predicted octanol–water partition coefficient (Wildman–Crippen LogP) is 4.75. The van der Waals surface area contributed by atoms with Gasteiger partial charge in [0.15, 0.2) is 0 Å². The summed E-state index contributed by atoms with van der Waals surface area (Å²) in [6.07, 6.45) is 0. The summed E-state index contributed by atoms with van der Waals surface area (Å²) in [4.78, 5) is 0. The van der Waals surface area contributed by atoms with Crippen LogP contribution in [-0.4, -0.2) is 8.07 Å². The van der Waals surface area contributed by atoms with Crippen molar-refractivity contribution < 1.29 is 4.74 Å². The summed E-state index contributed by atoms with van der Waals surface area (Å²) in [6, 6.07) is 8.33. The molecule has 0 aliphatic heterocycles. The third-order valence-corrected chi connectivity index (χ3v) is 4.57. The fraction of sp³-hybridized carbons (Fsp3) is 0.467. The topological polar surface area (TPSA) is 9.23 Å². The maximum Gasteiger partial charge on any atom is 0.126 e. The van der Waals surface area contributed by atoms with Gasteiger partial charge < -0.3 is 4.74 Å². The molecule has 0 radical (unpaired) electrons. The monoisotopic (exact) mass is 248 g/mol. The van der Waals surface area contributed by atoms with Crippen LogP contribution >= 0.6 is 0 Å². The minimum atomic E-state index is -1.41. The zero-order chi connectivity index (χ0) is 13.3. The average molecular weight is 248 g/mol. The molecule has 0 N–H and O–H groups in total. The van der Waals surface area contributed by atoms with Crippen molar-refractivity contribution in [3.05, 3.63) is 41.8 Å². The normalized spacial score (nSPS) is 12.4. The van der Waals surface area contributed by atoms with E-state index >= 15 is 0 Å². The van der Waals surface area contributed by atoms with Crippen LogP contribution in [0.5, 0.6) is 5.75 Å². The van der Waals surface area contributed by atoms with E-state index in [1.54, 1.807) is 0 Å². The van der Waals surface area contributed by atoms with Crippen LogP contribution in [0.25, 0.3) is 0 Å². The van der Waals surface area contributed by atoms with Crippen molar-refractivity contribution >= 4 is 8.07 Å². The Bertz CT molecular complexity index is 390. The molecule has 1 rings (SSSR count). The van der Waals surface area contributed by atoms with Crippen molar-refractivity contribution in [2.45, 2.75) is 45.8 Å². The Balaban J connectivity index is 2.80. The second-order valence-electron chi connectivity index (χ2n) is 6.55. The van der Waals surface area contributed by atoms with Gasteiger partial charge >= 0.3 is 0 Å². The fourth-order valence-corrected chi connectivity index (χ4v) is 1.74. The van der Waals surface area contributed by atoms with Crippen molar-refractivity contribution in [3.8, 4) is 5.75 Å². The summed E-state index contributed by atoms with van der Waals surface area (Å²) < 4.78 is 5.81. The van der Waals surface area contributed by atoms with Crippen molar-refractivity contribution in [2.24, 2.45) is 0 Å². The van der Waals surface area contributed by atoms with Gasteiger partial charge in [0.05, 0.1) is 5.38 Å². The Morgan fingerprint density at radius 2 is 1.53 bits per heavy atom. The fourth-order valence-electron chi connectivity index (χ4n) is 1.32. The van der Waals surface area contributed by atoms with E-state index < -0.39 is 8.07 Å². The van der Waals surface area contributed by atoms with Crippen molar-refractivity contribution in [2.75, 3.05) is 0 Å². The third-order valence-electron chi connectivity index (χ3n) is 2.80. The average Bonchev–Trinajstić information content (AvgIpc) is 2.15. The molecule has 0 aliphatic carbocycles. The van der Waals surface area contributed by atoms with Crippen LogP contribution < -0.4 is 4.74 Å². The van der Waals surface area contributed by atoms with E-state index in [0.29, 0.717) is 0 Å². The van der Waals surface area contributed by atoms with Crippen LogP contribution in [0.2, 0.25) is 19.6 Å². The maximum absolute atomic E-state index is 5.81. The largest absolute Gasteiger partial charge is 0.468 e. The zero-order valence-corrected chi connectivity index (χ0v) is 12.9. The first-order valence-corrected chi connectivity index (χ1v) is 9.58. The molecule has 0 heterocycles. The first-order valence-electron chi connectivity index (χ1n) is 6.08. The van der Waals surface area contributed by atoms with Gasteiger partial charge in [-0.1, -0.05) is 59.1 Å². The summed E-state index contributed by atoms with van der Waals surface area (Å²) in [6.45, 7) is 17.4. The number of hydrogen-bond donors (Lipinski definition) is 0. The Hall–Kier alpha value is -1.02. The van der Waals surface area contributed by atoms with Gasteiger partial charge in [-0.25, -0.2) is 0 Å². The van der Waals surface area contributed by atoms with E-state index in [4.69, 9.17) is 4.74 Å². The van der Waals surface area contributed by atoms with Gasteiger partial charge in [-0.2, -0.15) is 0 Å². The Labute approximate surface area is 107 Å². The Morgan fingerprint density at radius 3 is 1.88 bits per heavy atom. The van der Waals surface area contributed by atoms with Crippen LogP contribution in [0, 0.1) is 0 Å². The van der Waals surface area contributed by atoms with Crippen LogP contribution in [0.4, 0.5) is 0 Å². The van der Waals surface area contributed by atoms with Gasteiger partial charge in [-0.3, -0.25) is 0 Å². The van der Waals surface area contributed by atoms with Crippen LogP contribution in [-0.2, 0) is 5.41 Å². The molecule has 0 bridgehead atoms. The van der Waals surface area contributed by atoms with Gasteiger partial charge in [0.2, 0.25) is 0 Å². The molecule has 2 heteroatoms. The van der Waals surface area contributed by atoms with E-state index in [1.165, 1.54) is 5.56 Å². The lowest BCUT2D eigenvalue weighted by molar-refractivity contribution is 0.456. The molecule has 0 aliphatic rings. The number of ether oxygens (including phenoxy) is 1. The number of rotatable bonds is 3. The summed E-state index contributed by atoms with van der Waals surface area (Å²) in [7, 11) is -1.41. The van der Waals surface area contributed by atoms with Crippen LogP contribution in [0.15, 0.2) is 36.2 Å². The number of benzene rings is 1. The minimum Gasteiger partial charge on any atom is -0.468 e. The lowest BCUT2D eigenvalue weighted by atomic mass is 9.87. The summed E-state index contributed by atoms with van der Waals surface area (Å²) in [5, 5.41) is 0.931.